The standard InChI is InChI=1S/C17H13NO3S/c18-17(15-5-1-2-7-16(15)22(19,20)21)12-9-8-11-4-3-6-14(17)13(11)10-12/h1-10H,18H2,(H,19,20,21). The lowest BCUT2D eigenvalue weighted by Gasteiger charge is -2.29. The van der Waals surface area contributed by atoms with Gasteiger partial charge in [0.15, 0.2) is 0 Å². The average Bonchev–Trinajstić information content (AvgIpc) is 2.78. The molecule has 22 heavy (non-hydrogen) atoms. The summed E-state index contributed by atoms with van der Waals surface area (Å²) in [4.78, 5) is -0.156. The molecule has 0 amide bonds. The van der Waals surface area contributed by atoms with Crippen LogP contribution in [-0.4, -0.2) is 13.0 Å². The van der Waals surface area contributed by atoms with Gasteiger partial charge in [-0.25, -0.2) is 0 Å². The molecule has 0 spiro atoms. The molecule has 0 heterocycles. The van der Waals surface area contributed by atoms with Crippen LogP contribution >= 0.6 is 0 Å². The summed E-state index contributed by atoms with van der Waals surface area (Å²) in [7, 11) is -4.36. The van der Waals surface area contributed by atoms with Crippen molar-refractivity contribution in [2.75, 3.05) is 0 Å². The Balaban J connectivity index is 2.11. The highest BCUT2D eigenvalue weighted by Gasteiger charge is 2.40. The van der Waals surface area contributed by atoms with Crippen LogP contribution in [-0.2, 0) is 15.7 Å². The molecule has 3 aromatic rings. The van der Waals surface area contributed by atoms with E-state index in [-0.39, 0.29) is 4.90 Å². The van der Waals surface area contributed by atoms with Gasteiger partial charge in [0.2, 0.25) is 0 Å². The molecular weight excluding hydrogens is 298 g/mol. The highest BCUT2D eigenvalue weighted by atomic mass is 32.2. The van der Waals surface area contributed by atoms with Crippen LogP contribution in [0.3, 0.4) is 0 Å². The van der Waals surface area contributed by atoms with E-state index < -0.39 is 15.7 Å². The van der Waals surface area contributed by atoms with Crippen molar-refractivity contribution >= 4 is 20.9 Å². The maximum atomic E-state index is 11.7. The van der Waals surface area contributed by atoms with Crippen molar-refractivity contribution in [3.05, 3.63) is 77.4 Å². The third-order valence-corrected chi connectivity index (χ3v) is 5.26. The zero-order chi connectivity index (χ0) is 15.5. The molecule has 0 saturated carbocycles. The molecule has 3 N–H and O–H groups in total. The van der Waals surface area contributed by atoms with Gasteiger partial charge in [-0.2, -0.15) is 8.42 Å². The number of nitrogens with two attached hydrogens (primary N) is 1. The molecule has 0 aliphatic heterocycles. The van der Waals surface area contributed by atoms with Gasteiger partial charge >= 0.3 is 0 Å². The van der Waals surface area contributed by atoms with Gasteiger partial charge in [0.1, 0.15) is 0 Å². The molecular formula is C17H13NO3S. The largest absolute Gasteiger partial charge is 0.314 e. The van der Waals surface area contributed by atoms with Crippen LogP contribution < -0.4 is 5.73 Å². The first-order valence-electron chi connectivity index (χ1n) is 6.82. The SMILES string of the molecule is NC1(c2ccccc2S(=O)(=O)O)c2ccc3cccc1c3c2. The van der Waals surface area contributed by atoms with Crippen LogP contribution in [0.5, 0.6) is 0 Å². The molecule has 110 valence electrons. The molecule has 0 fully saturated rings. The summed E-state index contributed by atoms with van der Waals surface area (Å²) in [5, 5.41) is 2.06. The molecule has 4 rings (SSSR count). The second-order valence-electron chi connectivity index (χ2n) is 5.52. The molecule has 3 aromatic carbocycles. The summed E-state index contributed by atoms with van der Waals surface area (Å²) in [6.45, 7) is 0. The van der Waals surface area contributed by atoms with Gasteiger partial charge in [-0.15, -0.1) is 0 Å². The van der Waals surface area contributed by atoms with E-state index in [1.54, 1.807) is 18.2 Å². The van der Waals surface area contributed by atoms with E-state index in [1.165, 1.54) is 6.07 Å². The van der Waals surface area contributed by atoms with Crippen molar-refractivity contribution in [3.63, 3.8) is 0 Å². The quantitative estimate of drug-likeness (QED) is 0.713. The fourth-order valence-electron chi connectivity index (χ4n) is 3.34. The van der Waals surface area contributed by atoms with Crippen LogP contribution in [0.4, 0.5) is 0 Å². The van der Waals surface area contributed by atoms with E-state index >= 15 is 0 Å². The molecule has 0 radical (unpaired) electrons. The summed E-state index contributed by atoms with van der Waals surface area (Å²) in [5.41, 5.74) is 7.65. The number of benzene rings is 3. The van der Waals surface area contributed by atoms with Crippen LogP contribution in [0, 0.1) is 0 Å². The Hall–Kier alpha value is -2.21. The molecule has 0 saturated heterocycles. The second-order valence-corrected chi connectivity index (χ2v) is 6.91. The van der Waals surface area contributed by atoms with Crippen molar-refractivity contribution in [2.45, 2.75) is 10.4 Å². The summed E-state index contributed by atoms with van der Waals surface area (Å²) in [6, 6.07) is 18.0. The van der Waals surface area contributed by atoms with Gasteiger partial charge in [-0.05, 0) is 34.0 Å². The molecule has 1 unspecified atom stereocenters. The van der Waals surface area contributed by atoms with Crippen molar-refractivity contribution in [1.82, 2.24) is 0 Å². The third-order valence-electron chi connectivity index (χ3n) is 4.35. The van der Waals surface area contributed by atoms with Crippen LogP contribution in [0.2, 0.25) is 0 Å². The van der Waals surface area contributed by atoms with E-state index in [9.17, 15) is 13.0 Å². The number of hydrogen-bond donors (Lipinski definition) is 2. The van der Waals surface area contributed by atoms with E-state index in [1.807, 2.05) is 36.4 Å². The maximum Gasteiger partial charge on any atom is 0.294 e. The Kier molecular flexibility index (Phi) is 2.55. The lowest BCUT2D eigenvalue weighted by Crippen LogP contribution is -2.38. The van der Waals surface area contributed by atoms with Gasteiger partial charge in [0.05, 0.1) is 10.4 Å². The minimum atomic E-state index is -4.36. The van der Waals surface area contributed by atoms with E-state index in [0.717, 1.165) is 21.9 Å². The van der Waals surface area contributed by atoms with Gasteiger partial charge in [-0.1, -0.05) is 48.5 Å². The molecule has 4 nitrogen and oxygen atoms in total. The molecule has 1 aliphatic carbocycles. The fourth-order valence-corrected chi connectivity index (χ4v) is 4.09. The van der Waals surface area contributed by atoms with Gasteiger partial charge in [0, 0.05) is 5.56 Å². The minimum absolute atomic E-state index is 0.156. The predicted molar refractivity (Wildman–Crippen MR) is 84.3 cm³/mol. The number of fused-ring (bicyclic) bond motifs is 1. The van der Waals surface area contributed by atoms with E-state index in [2.05, 4.69) is 0 Å². The van der Waals surface area contributed by atoms with Gasteiger partial charge < -0.3 is 5.73 Å². The fraction of sp³-hybridized carbons (Fsp3) is 0.0588. The van der Waals surface area contributed by atoms with Crippen molar-refractivity contribution in [3.8, 4) is 0 Å². The number of hydrogen-bond acceptors (Lipinski definition) is 3. The van der Waals surface area contributed by atoms with Crippen LogP contribution in [0.1, 0.15) is 16.7 Å². The first-order valence-corrected chi connectivity index (χ1v) is 8.26. The van der Waals surface area contributed by atoms with E-state index in [0.29, 0.717) is 5.56 Å². The van der Waals surface area contributed by atoms with Crippen molar-refractivity contribution in [2.24, 2.45) is 5.73 Å². The first kappa shape index (κ1) is 13.5. The van der Waals surface area contributed by atoms with Crippen molar-refractivity contribution in [1.29, 1.82) is 0 Å². The molecule has 1 atom stereocenters. The monoisotopic (exact) mass is 311 g/mol. The molecule has 2 bridgehead atoms. The molecule has 1 aliphatic rings. The highest BCUT2D eigenvalue weighted by molar-refractivity contribution is 7.85. The number of rotatable bonds is 2. The lowest BCUT2D eigenvalue weighted by molar-refractivity contribution is 0.479. The third kappa shape index (κ3) is 1.61. The molecule has 5 heteroatoms. The Bertz CT molecular complexity index is 1030. The first-order chi connectivity index (χ1) is 10.4. The Labute approximate surface area is 127 Å². The Morgan fingerprint density at radius 2 is 1.64 bits per heavy atom. The second kappa shape index (κ2) is 4.16. The highest BCUT2D eigenvalue weighted by Crippen LogP contribution is 2.45. The zero-order valence-electron chi connectivity index (χ0n) is 11.5. The van der Waals surface area contributed by atoms with Crippen molar-refractivity contribution < 1.29 is 13.0 Å². The van der Waals surface area contributed by atoms with Gasteiger partial charge in [-0.3, -0.25) is 4.55 Å². The van der Waals surface area contributed by atoms with E-state index in [4.69, 9.17) is 5.73 Å². The lowest BCUT2D eigenvalue weighted by atomic mass is 9.82. The Morgan fingerprint density at radius 3 is 2.41 bits per heavy atom. The zero-order valence-corrected chi connectivity index (χ0v) is 12.3. The normalized spacial score (nSPS) is 19.9. The average molecular weight is 311 g/mol. The summed E-state index contributed by atoms with van der Waals surface area (Å²) in [6.07, 6.45) is 0. The Morgan fingerprint density at radius 1 is 0.909 bits per heavy atom. The summed E-state index contributed by atoms with van der Waals surface area (Å²) < 4.78 is 33.0. The van der Waals surface area contributed by atoms with Crippen LogP contribution in [0.25, 0.3) is 10.8 Å². The smallest absolute Gasteiger partial charge is 0.294 e. The summed E-state index contributed by atoms with van der Waals surface area (Å²) in [5.74, 6) is 0. The minimum Gasteiger partial charge on any atom is -0.314 e. The molecule has 0 aromatic heterocycles. The van der Waals surface area contributed by atoms with Crippen LogP contribution in [0.15, 0.2) is 65.6 Å². The predicted octanol–water partition coefficient (Wildman–Crippen LogP) is 2.65. The maximum absolute atomic E-state index is 11.7. The summed E-state index contributed by atoms with van der Waals surface area (Å²) >= 11 is 0. The van der Waals surface area contributed by atoms with Gasteiger partial charge in [0.25, 0.3) is 10.1 Å². The topological polar surface area (TPSA) is 80.4 Å².